The molecule has 0 aliphatic heterocycles. The number of H-pyrrole nitrogens is 1. The molecular weight excluding hydrogens is 457 g/mol. The van der Waals surface area contributed by atoms with Gasteiger partial charge in [0.1, 0.15) is 17.2 Å². The predicted molar refractivity (Wildman–Crippen MR) is 117 cm³/mol. The van der Waals surface area contributed by atoms with Gasteiger partial charge in [0.15, 0.2) is 9.84 Å². The maximum Gasteiger partial charge on any atom is 0.416 e. The minimum absolute atomic E-state index is 0.0385. The number of sulfone groups is 1. The summed E-state index contributed by atoms with van der Waals surface area (Å²) in [5.74, 6) is -0.0437. The van der Waals surface area contributed by atoms with E-state index in [9.17, 15) is 26.8 Å². The summed E-state index contributed by atoms with van der Waals surface area (Å²) < 4.78 is 71.0. The molecule has 0 aliphatic carbocycles. The van der Waals surface area contributed by atoms with E-state index in [1.807, 2.05) is 0 Å². The molecule has 0 unspecified atom stereocenters. The normalized spacial score (nSPS) is 12.3. The van der Waals surface area contributed by atoms with Crippen molar-refractivity contribution >= 4 is 20.9 Å². The summed E-state index contributed by atoms with van der Waals surface area (Å²) in [6.07, 6.45) is -2.97. The van der Waals surface area contributed by atoms with Gasteiger partial charge >= 0.3 is 6.18 Å². The molecule has 4 rings (SSSR count). The number of hydrogen-bond donors (Lipinski definition) is 1. The maximum atomic E-state index is 13.1. The van der Waals surface area contributed by atoms with Crippen molar-refractivity contribution in [2.45, 2.75) is 24.9 Å². The van der Waals surface area contributed by atoms with Crippen molar-refractivity contribution in [2.24, 2.45) is 0 Å². The number of nitrogens with zero attached hydrogens (tertiary/aromatic N) is 1. The highest BCUT2D eigenvalue weighted by Crippen LogP contribution is 2.39. The van der Waals surface area contributed by atoms with Crippen molar-refractivity contribution in [2.75, 3.05) is 5.75 Å². The second kappa shape index (κ2) is 8.11. The quantitative estimate of drug-likeness (QED) is 0.310. The molecule has 0 saturated carbocycles. The Balaban J connectivity index is 1.93. The summed E-state index contributed by atoms with van der Waals surface area (Å²) in [7, 11) is -3.58. The van der Waals surface area contributed by atoms with E-state index in [1.165, 1.54) is 37.3 Å². The van der Waals surface area contributed by atoms with Crippen LogP contribution in [0.1, 0.15) is 18.2 Å². The molecule has 0 radical (unpaired) electrons. The molecule has 10 heteroatoms. The first-order chi connectivity index (χ1) is 15.5. The van der Waals surface area contributed by atoms with Gasteiger partial charge in [0, 0.05) is 11.1 Å². The van der Waals surface area contributed by atoms with Crippen molar-refractivity contribution in [3.05, 3.63) is 77.3 Å². The van der Waals surface area contributed by atoms with Gasteiger partial charge in [0.25, 0.3) is 5.65 Å². The van der Waals surface area contributed by atoms with Crippen LogP contribution in [0.5, 0.6) is 11.5 Å². The molecule has 0 atom stereocenters. The fourth-order valence-electron chi connectivity index (χ4n) is 3.52. The number of alkyl halides is 3. The molecule has 0 saturated heterocycles. The Morgan fingerprint density at radius 2 is 1.82 bits per heavy atom. The minimum atomic E-state index is -4.54. The first-order valence-corrected chi connectivity index (χ1v) is 11.6. The van der Waals surface area contributed by atoms with Gasteiger partial charge in [-0.15, -0.1) is 0 Å². The highest BCUT2D eigenvalue weighted by molar-refractivity contribution is 7.91. The highest BCUT2D eigenvalue weighted by atomic mass is 32.2. The van der Waals surface area contributed by atoms with Gasteiger partial charge in [-0.3, -0.25) is 0 Å². The van der Waals surface area contributed by atoms with E-state index >= 15 is 0 Å². The fraction of sp³-hybridized carbons (Fsp3) is 0.174. The van der Waals surface area contributed by atoms with Gasteiger partial charge in [-0.05, 0) is 55.5 Å². The fourth-order valence-corrected chi connectivity index (χ4v) is 4.43. The number of rotatable bonds is 5. The number of fused-ring (bicyclic) bond motifs is 1. The molecule has 4 aromatic rings. The average Bonchev–Trinajstić information content (AvgIpc) is 3.26. The van der Waals surface area contributed by atoms with Crippen LogP contribution in [-0.4, -0.2) is 19.2 Å². The van der Waals surface area contributed by atoms with Gasteiger partial charge in [-0.2, -0.15) is 13.2 Å². The number of aromatic amines is 1. The van der Waals surface area contributed by atoms with Crippen LogP contribution in [0.15, 0.2) is 65.7 Å². The monoisotopic (exact) mass is 476 g/mol. The van der Waals surface area contributed by atoms with Gasteiger partial charge in [0.2, 0.25) is 0 Å². The van der Waals surface area contributed by atoms with Crippen LogP contribution in [0.2, 0.25) is 0 Å². The maximum absolute atomic E-state index is 13.1. The first-order valence-electron chi connectivity index (χ1n) is 9.94. The zero-order valence-electron chi connectivity index (χ0n) is 17.6. The second-order valence-corrected chi connectivity index (χ2v) is 9.70. The van der Waals surface area contributed by atoms with Crippen molar-refractivity contribution in [1.82, 2.24) is 4.98 Å². The summed E-state index contributed by atoms with van der Waals surface area (Å²) >= 11 is 0. The molecule has 2 aromatic carbocycles. The Kier molecular flexibility index (Phi) is 5.57. The van der Waals surface area contributed by atoms with E-state index < -0.39 is 21.6 Å². The number of aromatic nitrogens is 2. The zero-order valence-corrected chi connectivity index (χ0v) is 18.4. The number of benzene rings is 2. The standard InChI is InChI=1S/C23H19F3N2O4S/c1-3-33(30,31)17-7-8-21(32-16-6-4-5-15(12-16)23(24,25)26)20(13-17)19-11-14(2)28(29)22-18(19)9-10-27-22/h4-13,27H,3H2,1-2H3. The van der Waals surface area contributed by atoms with Crippen molar-refractivity contribution in [3.63, 3.8) is 0 Å². The number of nitrogens with one attached hydrogen (secondary N) is 1. The molecule has 0 fully saturated rings. The Labute approximate surface area is 187 Å². The Morgan fingerprint density at radius 3 is 2.52 bits per heavy atom. The van der Waals surface area contributed by atoms with Crippen LogP contribution in [-0.2, 0) is 16.0 Å². The van der Waals surface area contributed by atoms with E-state index in [2.05, 4.69) is 4.98 Å². The van der Waals surface area contributed by atoms with E-state index in [0.717, 1.165) is 12.1 Å². The summed E-state index contributed by atoms with van der Waals surface area (Å²) in [6, 6.07) is 11.8. The largest absolute Gasteiger partial charge is 0.710 e. The number of halogens is 3. The number of aryl methyl sites for hydroxylation is 1. The number of hydrogen-bond acceptors (Lipinski definition) is 4. The SMILES string of the molecule is CCS(=O)(=O)c1ccc(Oc2cccc(C(F)(F)F)c2)c(-c2cc(C)[n+]([O-])c3[nH]ccc23)c1. The third-order valence-corrected chi connectivity index (χ3v) is 6.99. The number of ether oxygens (including phenoxy) is 1. The van der Waals surface area contributed by atoms with Gasteiger partial charge in [0.05, 0.1) is 27.8 Å². The minimum Gasteiger partial charge on any atom is -0.710 e. The molecule has 6 nitrogen and oxygen atoms in total. The van der Waals surface area contributed by atoms with E-state index in [4.69, 9.17) is 4.74 Å². The molecule has 172 valence electrons. The second-order valence-electron chi connectivity index (χ2n) is 7.42. The van der Waals surface area contributed by atoms with Crippen molar-refractivity contribution in [1.29, 1.82) is 0 Å². The van der Waals surface area contributed by atoms with Crippen molar-refractivity contribution < 1.29 is 31.1 Å². The zero-order chi connectivity index (χ0) is 24.0. The third kappa shape index (κ3) is 4.25. The summed E-state index contributed by atoms with van der Waals surface area (Å²) in [6.45, 7) is 3.11. The van der Waals surface area contributed by atoms with Crippen LogP contribution >= 0.6 is 0 Å². The highest BCUT2D eigenvalue weighted by Gasteiger charge is 2.31. The lowest BCUT2D eigenvalue weighted by Gasteiger charge is -2.16. The molecule has 1 N–H and O–H groups in total. The van der Waals surface area contributed by atoms with E-state index in [1.54, 1.807) is 25.3 Å². The summed E-state index contributed by atoms with van der Waals surface area (Å²) in [5.41, 5.74) is 0.566. The van der Waals surface area contributed by atoms with E-state index in [-0.39, 0.29) is 27.8 Å². The average molecular weight is 476 g/mol. The topological polar surface area (TPSA) is 86.1 Å². The molecule has 0 amide bonds. The van der Waals surface area contributed by atoms with Crippen LogP contribution in [0, 0.1) is 12.1 Å². The smallest absolute Gasteiger partial charge is 0.416 e. The van der Waals surface area contributed by atoms with Crippen LogP contribution in [0.3, 0.4) is 0 Å². The van der Waals surface area contributed by atoms with Crippen LogP contribution in [0.4, 0.5) is 13.2 Å². The molecule has 2 heterocycles. The molecule has 0 spiro atoms. The lowest BCUT2D eigenvalue weighted by Crippen LogP contribution is -2.31. The molecular formula is C23H19F3N2O4S. The van der Waals surface area contributed by atoms with Crippen LogP contribution < -0.4 is 9.47 Å². The van der Waals surface area contributed by atoms with E-state index in [0.29, 0.717) is 26.9 Å². The molecule has 33 heavy (non-hydrogen) atoms. The van der Waals surface area contributed by atoms with Gasteiger partial charge in [-0.1, -0.05) is 13.0 Å². The molecule has 2 aromatic heterocycles. The Morgan fingerprint density at radius 1 is 1.06 bits per heavy atom. The van der Waals surface area contributed by atoms with Gasteiger partial charge < -0.3 is 9.94 Å². The molecule has 0 aliphatic rings. The Bertz CT molecular complexity index is 1460. The Hall–Kier alpha value is -3.53. The predicted octanol–water partition coefficient (Wildman–Crippen LogP) is 5.38. The van der Waals surface area contributed by atoms with Crippen LogP contribution in [0.25, 0.3) is 22.2 Å². The number of pyridine rings is 1. The van der Waals surface area contributed by atoms with Gasteiger partial charge in [-0.25, -0.2) is 18.1 Å². The third-order valence-electron chi connectivity index (χ3n) is 5.26. The lowest BCUT2D eigenvalue weighted by molar-refractivity contribution is -0.586. The first kappa shape index (κ1) is 22.7. The molecule has 0 bridgehead atoms. The summed E-state index contributed by atoms with van der Waals surface area (Å²) in [5, 5.41) is 12.9. The van der Waals surface area contributed by atoms with Crippen molar-refractivity contribution in [3.8, 4) is 22.6 Å². The lowest BCUT2D eigenvalue weighted by atomic mass is 10.0. The summed E-state index contributed by atoms with van der Waals surface area (Å²) in [4.78, 5) is 2.89.